The number of amidine groups is 1. The van der Waals surface area contributed by atoms with Crippen LogP contribution in [-0.4, -0.2) is 60.8 Å². The van der Waals surface area contributed by atoms with E-state index in [-0.39, 0.29) is 0 Å². The van der Waals surface area contributed by atoms with Gasteiger partial charge in [-0.2, -0.15) is 0 Å². The topological polar surface area (TPSA) is 36.9 Å². The minimum absolute atomic E-state index is 0.545. The fourth-order valence-electron chi connectivity index (χ4n) is 3.28. The highest BCUT2D eigenvalue weighted by Gasteiger charge is 2.37. The summed E-state index contributed by atoms with van der Waals surface area (Å²) < 4.78 is 5.13. The smallest absolute Gasteiger partial charge is 0.157 e. The fourth-order valence-corrected chi connectivity index (χ4v) is 4.35. The molecule has 5 heteroatoms. The molecule has 0 aromatic carbocycles. The maximum atomic E-state index is 5.13. The maximum Gasteiger partial charge on any atom is 0.157 e. The average Bonchev–Trinajstić information content (AvgIpc) is 3.05. The van der Waals surface area contributed by atoms with Gasteiger partial charge in [-0.15, -0.1) is 0 Å². The molecule has 0 amide bonds. The van der Waals surface area contributed by atoms with Crippen LogP contribution in [0.4, 0.5) is 0 Å². The normalized spacial score (nSPS) is 38.3. The molecule has 0 aliphatic carbocycles. The Bertz CT molecular complexity index is 323. The highest BCUT2D eigenvalue weighted by molar-refractivity contribution is 8.14. The predicted molar refractivity (Wildman–Crippen MR) is 76.3 cm³/mol. The molecule has 0 saturated carbocycles. The van der Waals surface area contributed by atoms with Gasteiger partial charge in [0.05, 0.1) is 6.04 Å². The van der Waals surface area contributed by atoms with E-state index in [4.69, 9.17) is 9.73 Å². The zero-order chi connectivity index (χ0) is 12.4. The first-order valence-electron chi connectivity index (χ1n) is 7.07. The lowest BCUT2D eigenvalue weighted by Crippen LogP contribution is -2.31. The van der Waals surface area contributed by atoms with Gasteiger partial charge in [-0.3, -0.25) is 9.89 Å². The van der Waals surface area contributed by atoms with E-state index < -0.39 is 0 Å². The van der Waals surface area contributed by atoms with E-state index >= 15 is 0 Å². The van der Waals surface area contributed by atoms with Crippen molar-refractivity contribution in [1.29, 1.82) is 0 Å². The SMILES string of the molecule is COCCC1CSC(=NC2CCN3CCCC23)N1. The highest BCUT2D eigenvalue weighted by atomic mass is 32.2. The summed E-state index contributed by atoms with van der Waals surface area (Å²) in [6.45, 7) is 3.39. The Kier molecular flexibility index (Phi) is 4.11. The minimum Gasteiger partial charge on any atom is -0.385 e. The molecular weight excluding hydrogens is 246 g/mol. The van der Waals surface area contributed by atoms with Gasteiger partial charge in [0.2, 0.25) is 0 Å². The molecular formula is C13H23N3OS. The molecule has 3 unspecified atom stereocenters. The lowest BCUT2D eigenvalue weighted by Gasteiger charge is -2.17. The van der Waals surface area contributed by atoms with E-state index in [1.54, 1.807) is 7.11 Å². The zero-order valence-electron chi connectivity index (χ0n) is 11.1. The van der Waals surface area contributed by atoms with E-state index in [0.29, 0.717) is 12.1 Å². The number of thioether (sulfide) groups is 1. The van der Waals surface area contributed by atoms with Crippen molar-refractivity contribution in [2.75, 3.05) is 32.6 Å². The van der Waals surface area contributed by atoms with Crippen LogP contribution < -0.4 is 5.32 Å². The van der Waals surface area contributed by atoms with Gasteiger partial charge in [0.15, 0.2) is 5.17 Å². The van der Waals surface area contributed by atoms with Crippen LogP contribution >= 0.6 is 11.8 Å². The van der Waals surface area contributed by atoms with Gasteiger partial charge in [-0.25, -0.2) is 0 Å². The number of rotatable bonds is 4. The van der Waals surface area contributed by atoms with Crippen LogP contribution in [0.2, 0.25) is 0 Å². The Hall–Kier alpha value is -0.260. The molecule has 4 nitrogen and oxygen atoms in total. The van der Waals surface area contributed by atoms with Crippen molar-refractivity contribution in [1.82, 2.24) is 10.2 Å². The summed E-state index contributed by atoms with van der Waals surface area (Å²) in [4.78, 5) is 7.58. The van der Waals surface area contributed by atoms with Gasteiger partial charge in [0.1, 0.15) is 0 Å². The first kappa shape index (κ1) is 12.8. The van der Waals surface area contributed by atoms with Gasteiger partial charge in [0.25, 0.3) is 0 Å². The Morgan fingerprint density at radius 2 is 2.39 bits per heavy atom. The Balaban J connectivity index is 1.54. The quantitative estimate of drug-likeness (QED) is 0.835. The highest BCUT2D eigenvalue weighted by Crippen LogP contribution is 2.31. The van der Waals surface area contributed by atoms with Crippen LogP contribution in [0.1, 0.15) is 25.7 Å². The summed E-state index contributed by atoms with van der Waals surface area (Å²) >= 11 is 1.89. The van der Waals surface area contributed by atoms with Crippen molar-refractivity contribution in [3.05, 3.63) is 0 Å². The molecule has 3 atom stereocenters. The molecule has 0 bridgehead atoms. The van der Waals surface area contributed by atoms with Gasteiger partial charge >= 0.3 is 0 Å². The second-order valence-corrected chi connectivity index (χ2v) is 6.48. The Morgan fingerprint density at radius 3 is 3.28 bits per heavy atom. The van der Waals surface area contributed by atoms with E-state index in [1.807, 2.05) is 11.8 Å². The second kappa shape index (κ2) is 5.80. The number of hydrogen-bond donors (Lipinski definition) is 1. The third-order valence-corrected chi connectivity index (χ3v) is 5.34. The number of hydrogen-bond acceptors (Lipinski definition) is 4. The number of methoxy groups -OCH3 is 1. The molecule has 3 heterocycles. The van der Waals surface area contributed by atoms with E-state index in [1.165, 1.54) is 37.5 Å². The van der Waals surface area contributed by atoms with Crippen LogP contribution in [0, 0.1) is 0 Å². The first-order valence-corrected chi connectivity index (χ1v) is 8.05. The summed E-state index contributed by atoms with van der Waals surface area (Å²) in [7, 11) is 1.77. The van der Waals surface area contributed by atoms with Gasteiger partial charge < -0.3 is 10.1 Å². The van der Waals surface area contributed by atoms with Crippen LogP contribution in [0.25, 0.3) is 0 Å². The second-order valence-electron chi connectivity index (χ2n) is 5.47. The third-order valence-electron chi connectivity index (χ3n) is 4.27. The molecule has 3 aliphatic heterocycles. The summed E-state index contributed by atoms with van der Waals surface area (Å²) in [6, 6.07) is 1.83. The lowest BCUT2D eigenvalue weighted by atomic mass is 10.1. The summed E-state index contributed by atoms with van der Waals surface area (Å²) in [5.74, 6) is 1.14. The van der Waals surface area contributed by atoms with Crippen molar-refractivity contribution in [2.24, 2.45) is 4.99 Å². The van der Waals surface area contributed by atoms with Gasteiger partial charge in [-0.05, 0) is 32.2 Å². The molecule has 0 spiro atoms. The van der Waals surface area contributed by atoms with E-state index in [9.17, 15) is 0 Å². The third kappa shape index (κ3) is 2.68. The van der Waals surface area contributed by atoms with Gasteiger partial charge in [0, 0.05) is 38.1 Å². The molecule has 102 valence electrons. The van der Waals surface area contributed by atoms with Gasteiger partial charge in [-0.1, -0.05) is 11.8 Å². The zero-order valence-corrected chi connectivity index (χ0v) is 11.9. The lowest BCUT2D eigenvalue weighted by molar-refractivity contribution is 0.188. The number of nitrogens with zero attached hydrogens (tertiary/aromatic N) is 2. The number of fused-ring (bicyclic) bond motifs is 1. The Labute approximate surface area is 114 Å². The molecule has 3 fully saturated rings. The molecule has 18 heavy (non-hydrogen) atoms. The predicted octanol–water partition coefficient (Wildman–Crippen LogP) is 1.32. The summed E-state index contributed by atoms with van der Waals surface area (Å²) in [6.07, 6.45) is 5.05. The van der Waals surface area contributed by atoms with Crippen LogP contribution in [0.15, 0.2) is 4.99 Å². The van der Waals surface area contributed by atoms with E-state index in [0.717, 1.165) is 24.8 Å². The van der Waals surface area contributed by atoms with Crippen molar-refractivity contribution >= 4 is 16.9 Å². The standard InChI is InChI=1S/C13H23N3OS/c1-17-8-5-10-9-18-13(14-10)15-11-4-7-16-6-2-3-12(11)16/h10-12H,2-9H2,1H3,(H,14,15). The van der Waals surface area contributed by atoms with Crippen molar-refractivity contribution in [3.63, 3.8) is 0 Å². The first-order chi connectivity index (χ1) is 8.86. The molecule has 3 rings (SSSR count). The largest absolute Gasteiger partial charge is 0.385 e. The number of nitrogens with one attached hydrogen (secondary N) is 1. The Morgan fingerprint density at radius 1 is 1.44 bits per heavy atom. The monoisotopic (exact) mass is 269 g/mol. The summed E-state index contributed by atoms with van der Waals surface area (Å²) in [5, 5.41) is 4.72. The fraction of sp³-hybridized carbons (Fsp3) is 0.923. The van der Waals surface area contributed by atoms with Crippen molar-refractivity contribution in [2.45, 2.75) is 43.8 Å². The molecule has 0 aromatic heterocycles. The van der Waals surface area contributed by atoms with Crippen molar-refractivity contribution < 1.29 is 4.74 Å². The van der Waals surface area contributed by atoms with Crippen molar-refractivity contribution in [3.8, 4) is 0 Å². The minimum atomic E-state index is 0.545. The number of aliphatic imine (C=N–C) groups is 1. The molecule has 0 aromatic rings. The van der Waals surface area contributed by atoms with E-state index in [2.05, 4.69) is 10.2 Å². The van der Waals surface area contributed by atoms with Crippen LogP contribution in [-0.2, 0) is 4.74 Å². The molecule has 0 radical (unpaired) electrons. The summed E-state index contributed by atoms with van der Waals surface area (Å²) in [5.41, 5.74) is 0. The molecule has 1 N–H and O–H groups in total. The average molecular weight is 269 g/mol. The maximum absolute atomic E-state index is 5.13. The van der Waals surface area contributed by atoms with Crippen LogP contribution in [0.5, 0.6) is 0 Å². The molecule has 3 aliphatic rings. The molecule has 3 saturated heterocycles. The number of ether oxygens (including phenoxy) is 1. The van der Waals surface area contributed by atoms with Crippen LogP contribution in [0.3, 0.4) is 0 Å².